The first-order valence-electron chi connectivity index (χ1n) is 5.86. The van der Waals surface area contributed by atoms with Crippen molar-refractivity contribution in [3.05, 3.63) is 48.4 Å². The van der Waals surface area contributed by atoms with Crippen molar-refractivity contribution >= 4 is 15.7 Å². The molecular formula is C13H15N3O2S. The molecule has 5 nitrogen and oxygen atoms in total. The highest BCUT2D eigenvalue weighted by Gasteiger charge is 2.13. The van der Waals surface area contributed by atoms with Crippen LogP contribution in [0.5, 0.6) is 0 Å². The van der Waals surface area contributed by atoms with Crippen LogP contribution in [-0.2, 0) is 16.3 Å². The Morgan fingerprint density at radius 3 is 2.58 bits per heavy atom. The average molecular weight is 277 g/mol. The smallest absolute Gasteiger partial charge is 0.179 e. The first-order chi connectivity index (χ1) is 9.07. The van der Waals surface area contributed by atoms with E-state index in [1.54, 1.807) is 24.5 Å². The van der Waals surface area contributed by atoms with Crippen molar-refractivity contribution in [1.82, 2.24) is 9.97 Å². The Kier molecular flexibility index (Phi) is 4.11. The normalized spacial score (nSPS) is 11.2. The number of anilines is 1. The zero-order valence-corrected chi connectivity index (χ0v) is 11.4. The molecule has 0 spiro atoms. The third-order valence-corrected chi connectivity index (χ3v) is 3.70. The zero-order chi connectivity index (χ0) is 13.7. The molecule has 0 aliphatic heterocycles. The Morgan fingerprint density at radius 2 is 1.89 bits per heavy atom. The van der Waals surface area contributed by atoms with Crippen molar-refractivity contribution < 1.29 is 8.42 Å². The Bertz CT molecular complexity index is 642. The molecule has 0 atom stereocenters. The van der Waals surface area contributed by atoms with Crippen LogP contribution in [0, 0.1) is 0 Å². The monoisotopic (exact) mass is 277 g/mol. The van der Waals surface area contributed by atoms with Crippen LogP contribution in [0.25, 0.3) is 0 Å². The predicted molar refractivity (Wildman–Crippen MR) is 73.8 cm³/mol. The van der Waals surface area contributed by atoms with Gasteiger partial charge in [0.2, 0.25) is 0 Å². The minimum atomic E-state index is -3.27. The van der Waals surface area contributed by atoms with Gasteiger partial charge >= 0.3 is 0 Å². The Morgan fingerprint density at radius 1 is 1.11 bits per heavy atom. The van der Waals surface area contributed by atoms with Gasteiger partial charge in [-0.3, -0.25) is 4.98 Å². The molecule has 0 aliphatic rings. The van der Waals surface area contributed by atoms with Crippen LogP contribution in [-0.4, -0.2) is 31.2 Å². The van der Waals surface area contributed by atoms with Gasteiger partial charge in [0.05, 0.1) is 0 Å². The lowest BCUT2D eigenvalue weighted by Gasteiger charge is -2.09. The van der Waals surface area contributed by atoms with Crippen molar-refractivity contribution in [3.8, 4) is 0 Å². The van der Waals surface area contributed by atoms with Crippen LogP contribution < -0.4 is 5.32 Å². The highest BCUT2D eigenvalue weighted by molar-refractivity contribution is 7.90. The molecule has 0 saturated carbocycles. The van der Waals surface area contributed by atoms with E-state index in [2.05, 4.69) is 15.3 Å². The quantitative estimate of drug-likeness (QED) is 0.897. The molecule has 2 aromatic rings. The molecule has 0 radical (unpaired) electrons. The summed E-state index contributed by atoms with van der Waals surface area (Å²) in [6.45, 7) is 0.580. The SMILES string of the molecule is CS(=O)(=O)c1cccnc1NCCc1ccccn1. The summed E-state index contributed by atoms with van der Waals surface area (Å²) in [5.74, 6) is 0.390. The predicted octanol–water partition coefficient (Wildman–Crippen LogP) is 1.53. The second kappa shape index (κ2) is 5.79. The number of hydrogen-bond acceptors (Lipinski definition) is 5. The van der Waals surface area contributed by atoms with E-state index in [1.165, 1.54) is 6.26 Å². The molecule has 1 N–H and O–H groups in total. The van der Waals surface area contributed by atoms with Crippen molar-refractivity contribution in [1.29, 1.82) is 0 Å². The summed E-state index contributed by atoms with van der Waals surface area (Å²) < 4.78 is 23.2. The minimum absolute atomic E-state index is 0.219. The van der Waals surface area contributed by atoms with Crippen LogP contribution in [0.15, 0.2) is 47.6 Å². The Labute approximate surface area is 112 Å². The van der Waals surface area contributed by atoms with E-state index >= 15 is 0 Å². The molecule has 19 heavy (non-hydrogen) atoms. The Hall–Kier alpha value is -1.95. The summed E-state index contributed by atoms with van der Waals surface area (Å²) in [4.78, 5) is 8.49. The first kappa shape index (κ1) is 13.5. The van der Waals surface area contributed by atoms with E-state index in [0.717, 1.165) is 5.69 Å². The summed E-state index contributed by atoms with van der Waals surface area (Å²) in [6, 6.07) is 8.87. The van der Waals surface area contributed by atoms with E-state index in [4.69, 9.17) is 0 Å². The van der Waals surface area contributed by atoms with E-state index < -0.39 is 9.84 Å². The van der Waals surface area contributed by atoms with E-state index in [0.29, 0.717) is 18.8 Å². The maximum atomic E-state index is 11.6. The van der Waals surface area contributed by atoms with Crippen LogP contribution in [0.3, 0.4) is 0 Å². The summed E-state index contributed by atoms with van der Waals surface area (Å²) in [5.41, 5.74) is 0.951. The minimum Gasteiger partial charge on any atom is -0.369 e. The van der Waals surface area contributed by atoms with E-state index in [1.807, 2.05) is 18.2 Å². The molecule has 0 fully saturated rings. The molecule has 0 aromatic carbocycles. The lowest BCUT2D eigenvalue weighted by Crippen LogP contribution is -2.11. The number of nitrogens with one attached hydrogen (secondary N) is 1. The molecule has 6 heteroatoms. The zero-order valence-electron chi connectivity index (χ0n) is 10.6. The number of rotatable bonds is 5. The van der Waals surface area contributed by atoms with Gasteiger partial charge in [0.1, 0.15) is 10.7 Å². The number of sulfone groups is 1. The standard InChI is InChI=1S/C13H15N3O2S/c1-19(17,18)12-6-4-9-15-13(12)16-10-7-11-5-2-3-8-14-11/h2-6,8-9H,7,10H2,1H3,(H,15,16). The molecule has 2 heterocycles. The van der Waals surface area contributed by atoms with Crippen LogP contribution in [0.2, 0.25) is 0 Å². The summed E-state index contributed by atoms with van der Waals surface area (Å²) >= 11 is 0. The Balaban J connectivity index is 2.05. The lowest BCUT2D eigenvalue weighted by molar-refractivity contribution is 0.602. The van der Waals surface area contributed by atoms with Crippen LogP contribution in [0.1, 0.15) is 5.69 Å². The molecule has 0 saturated heterocycles. The lowest BCUT2D eigenvalue weighted by atomic mass is 10.3. The highest BCUT2D eigenvalue weighted by atomic mass is 32.2. The van der Waals surface area contributed by atoms with Crippen molar-refractivity contribution in [2.24, 2.45) is 0 Å². The topological polar surface area (TPSA) is 72.0 Å². The fourth-order valence-electron chi connectivity index (χ4n) is 1.68. The second-order valence-corrected chi connectivity index (χ2v) is 6.10. The van der Waals surface area contributed by atoms with Crippen molar-refractivity contribution in [2.45, 2.75) is 11.3 Å². The third-order valence-electron chi connectivity index (χ3n) is 2.57. The fourth-order valence-corrected chi connectivity index (χ4v) is 2.48. The van der Waals surface area contributed by atoms with E-state index in [-0.39, 0.29) is 4.90 Å². The molecule has 0 bridgehead atoms. The summed E-state index contributed by atoms with van der Waals surface area (Å²) in [7, 11) is -3.27. The van der Waals surface area contributed by atoms with Gasteiger partial charge in [0.25, 0.3) is 0 Å². The van der Waals surface area contributed by atoms with Gasteiger partial charge < -0.3 is 5.32 Å². The molecular weight excluding hydrogens is 262 g/mol. The number of pyridine rings is 2. The third kappa shape index (κ3) is 3.75. The maximum Gasteiger partial charge on any atom is 0.179 e. The second-order valence-electron chi connectivity index (χ2n) is 4.12. The van der Waals surface area contributed by atoms with Gasteiger partial charge in [-0.2, -0.15) is 0 Å². The van der Waals surface area contributed by atoms with Gasteiger partial charge in [-0.1, -0.05) is 6.07 Å². The van der Waals surface area contributed by atoms with Crippen LogP contribution >= 0.6 is 0 Å². The van der Waals surface area contributed by atoms with Crippen molar-refractivity contribution in [3.63, 3.8) is 0 Å². The number of hydrogen-bond donors (Lipinski definition) is 1. The van der Waals surface area contributed by atoms with Gasteiger partial charge in [0, 0.05) is 37.3 Å². The molecule has 0 unspecified atom stereocenters. The number of aromatic nitrogens is 2. The maximum absolute atomic E-state index is 11.6. The van der Waals surface area contributed by atoms with Gasteiger partial charge in [-0.15, -0.1) is 0 Å². The fraction of sp³-hybridized carbons (Fsp3) is 0.231. The molecule has 2 rings (SSSR count). The molecule has 0 amide bonds. The average Bonchev–Trinajstić information content (AvgIpc) is 2.39. The molecule has 100 valence electrons. The molecule has 0 aliphatic carbocycles. The highest BCUT2D eigenvalue weighted by Crippen LogP contribution is 2.17. The summed E-state index contributed by atoms with van der Waals surface area (Å²) in [6.07, 6.45) is 5.18. The van der Waals surface area contributed by atoms with Gasteiger partial charge in [-0.25, -0.2) is 13.4 Å². The van der Waals surface area contributed by atoms with Gasteiger partial charge in [0.15, 0.2) is 9.84 Å². The van der Waals surface area contributed by atoms with Gasteiger partial charge in [-0.05, 0) is 24.3 Å². The number of nitrogens with zero attached hydrogens (tertiary/aromatic N) is 2. The largest absolute Gasteiger partial charge is 0.369 e. The van der Waals surface area contributed by atoms with Crippen molar-refractivity contribution in [2.75, 3.05) is 18.1 Å². The molecule has 2 aromatic heterocycles. The summed E-state index contributed by atoms with van der Waals surface area (Å²) in [5, 5.41) is 3.04. The van der Waals surface area contributed by atoms with Crippen LogP contribution in [0.4, 0.5) is 5.82 Å². The first-order valence-corrected chi connectivity index (χ1v) is 7.75. The van der Waals surface area contributed by atoms with E-state index in [9.17, 15) is 8.42 Å².